The van der Waals surface area contributed by atoms with Crippen LogP contribution < -0.4 is 5.69 Å². The van der Waals surface area contributed by atoms with Crippen molar-refractivity contribution in [2.24, 2.45) is 14.1 Å². The highest BCUT2D eigenvalue weighted by atomic mass is 16.3. The molecule has 6 aromatic carbocycles. The molecule has 9 rings (SSSR count). The van der Waals surface area contributed by atoms with Gasteiger partial charge >= 0.3 is 5.69 Å². The van der Waals surface area contributed by atoms with Crippen molar-refractivity contribution in [1.29, 1.82) is 0 Å². The van der Waals surface area contributed by atoms with Crippen LogP contribution in [0.15, 0.2) is 149 Å². The number of fused-ring (bicyclic) bond motifs is 4. The smallest absolute Gasteiger partial charge is 0.328 e. The minimum Gasteiger partial charge on any atom is -0.456 e. The molecule has 0 saturated heterocycles. The van der Waals surface area contributed by atoms with Gasteiger partial charge in [0.25, 0.3) is 0 Å². The number of hydrogen-bond acceptors (Lipinski definition) is 5. The predicted octanol–water partition coefficient (Wildman–Crippen LogP) is 9.30. The average Bonchev–Trinajstić information content (AvgIpc) is 3.65. The van der Waals surface area contributed by atoms with E-state index >= 15 is 0 Å². The summed E-state index contributed by atoms with van der Waals surface area (Å²) in [6, 6.07) is 47.0. The maximum atomic E-state index is 12.5. The van der Waals surface area contributed by atoms with Gasteiger partial charge < -0.3 is 4.42 Å². The maximum Gasteiger partial charge on any atom is 0.328 e. The molecular weight excluding hydrogens is 606 g/mol. The maximum absolute atomic E-state index is 12.5. The minimum absolute atomic E-state index is 0.0408. The van der Waals surface area contributed by atoms with Crippen molar-refractivity contribution >= 4 is 33.0 Å². The van der Waals surface area contributed by atoms with Gasteiger partial charge in [-0.3, -0.25) is 9.13 Å². The van der Waals surface area contributed by atoms with Gasteiger partial charge in [0, 0.05) is 41.6 Å². The standard InChI is InChI=1S/C42H29N5O2/c1-46-34-24-23-31(25-35(34)47(2)42(46)48)26-15-19-29(20-16-26)40-43-39(28-9-4-3-5-10-28)44-41(45-40)30-21-17-27(18-22-30)32-12-8-14-37-38(32)33-11-6-7-13-36(33)49-37/h3-25H,1-2H3. The van der Waals surface area contributed by atoms with Gasteiger partial charge in [-0.1, -0.05) is 115 Å². The van der Waals surface area contributed by atoms with Gasteiger partial charge in [-0.2, -0.15) is 0 Å². The molecule has 3 heterocycles. The zero-order valence-electron chi connectivity index (χ0n) is 26.8. The summed E-state index contributed by atoms with van der Waals surface area (Å²) in [4.78, 5) is 27.3. The van der Waals surface area contributed by atoms with Gasteiger partial charge in [-0.15, -0.1) is 0 Å². The van der Waals surface area contributed by atoms with Crippen LogP contribution in [-0.2, 0) is 14.1 Å². The summed E-state index contributed by atoms with van der Waals surface area (Å²) < 4.78 is 9.48. The van der Waals surface area contributed by atoms with E-state index in [1.807, 2.05) is 84.9 Å². The zero-order valence-corrected chi connectivity index (χ0v) is 26.8. The van der Waals surface area contributed by atoms with Crippen LogP contribution in [0.1, 0.15) is 0 Å². The summed E-state index contributed by atoms with van der Waals surface area (Å²) >= 11 is 0. The molecule has 0 fully saturated rings. The molecule has 0 radical (unpaired) electrons. The molecule has 7 heteroatoms. The van der Waals surface area contributed by atoms with E-state index < -0.39 is 0 Å². The number of benzene rings is 6. The summed E-state index contributed by atoms with van der Waals surface area (Å²) in [6.45, 7) is 0. The lowest BCUT2D eigenvalue weighted by atomic mass is 9.98. The first-order valence-electron chi connectivity index (χ1n) is 16.1. The fourth-order valence-corrected chi connectivity index (χ4v) is 6.66. The van der Waals surface area contributed by atoms with Gasteiger partial charge in [0.15, 0.2) is 17.5 Å². The Hall–Kier alpha value is -6.60. The van der Waals surface area contributed by atoms with E-state index in [0.29, 0.717) is 17.5 Å². The van der Waals surface area contributed by atoms with E-state index in [1.54, 1.807) is 23.2 Å². The van der Waals surface area contributed by atoms with Crippen molar-refractivity contribution in [3.8, 4) is 56.4 Å². The molecule has 0 amide bonds. The van der Waals surface area contributed by atoms with Crippen LogP contribution in [0.2, 0.25) is 0 Å². The van der Waals surface area contributed by atoms with Gasteiger partial charge in [-0.25, -0.2) is 19.7 Å². The number of rotatable bonds is 5. The summed E-state index contributed by atoms with van der Waals surface area (Å²) in [5.41, 5.74) is 10.5. The lowest BCUT2D eigenvalue weighted by Gasteiger charge is -2.10. The first-order valence-corrected chi connectivity index (χ1v) is 16.1. The molecule has 0 bridgehead atoms. The Balaban J connectivity index is 1.10. The molecule has 0 aliphatic carbocycles. The minimum atomic E-state index is -0.0408. The highest BCUT2D eigenvalue weighted by molar-refractivity contribution is 6.12. The molecule has 3 aromatic heterocycles. The van der Waals surface area contributed by atoms with Crippen molar-refractivity contribution in [2.45, 2.75) is 0 Å². The molecule has 49 heavy (non-hydrogen) atoms. The molecule has 234 valence electrons. The highest BCUT2D eigenvalue weighted by Crippen LogP contribution is 2.37. The predicted molar refractivity (Wildman–Crippen MR) is 196 cm³/mol. The van der Waals surface area contributed by atoms with Crippen molar-refractivity contribution in [3.05, 3.63) is 150 Å². The summed E-state index contributed by atoms with van der Waals surface area (Å²) in [5.74, 6) is 1.80. The fraction of sp³-hybridized carbons (Fsp3) is 0.0476. The second-order valence-corrected chi connectivity index (χ2v) is 12.2. The third kappa shape index (κ3) is 4.83. The molecule has 0 saturated carbocycles. The first kappa shape index (κ1) is 28.6. The number of para-hydroxylation sites is 1. The zero-order chi connectivity index (χ0) is 33.1. The van der Waals surface area contributed by atoms with E-state index in [2.05, 4.69) is 54.6 Å². The lowest BCUT2D eigenvalue weighted by molar-refractivity contribution is 0.669. The molecule has 0 atom stereocenters. The molecule has 0 spiro atoms. The Morgan fingerprint density at radius 2 is 1.00 bits per heavy atom. The largest absolute Gasteiger partial charge is 0.456 e. The van der Waals surface area contributed by atoms with Gasteiger partial charge in [0.2, 0.25) is 0 Å². The van der Waals surface area contributed by atoms with E-state index in [1.165, 1.54) is 0 Å². The number of hydrogen-bond donors (Lipinski definition) is 0. The van der Waals surface area contributed by atoms with Crippen molar-refractivity contribution in [2.75, 3.05) is 0 Å². The summed E-state index contributed by atoms with van der Waals surface area (Å²) in [7, 11) is 3.60. The Labute approximate surface area is 281 Å². The quantitative estimate of drug-likeness (QED) is 0.188. The van der Waals surface area contributed by atoms with E-state index in [-0.39, 0.29) is 5.69 Å². The van der Waals surface area contributed by atoms with E-state index in [9.17, 15) is 4.79 Å². The monoisotopic (exact) mass is 635 g/mol. The Morgan fingerprint density at radius 3 is 1.69 bits per heavy atom. The van der Waals surface area contributed by atoms with Crippen LogP contribution in [0.25, 0.3) is 89.4 Å². The fourth-order valence-electron chi connectivity index (χ4n) is 6.66. The summed E-state index contributed by atoms with van der Waals surface area (Å²) in [6.07, 6.45) is 0. The molecule has 9 aromatic rings. The number of imidazole rings is 1. The van der Waals surface area contributed by atoms with Crippen LogP contribution in [-0.4, -0.2) is 24.1 Å². The SMILES string of the molecule is Cn1c(=O)n(C)c2cc(-c3ccc(-c4nc(-c5ccccc5)nc(-c5ccc(-c6cccc7oc8ccccc8c67)cc5)n4)cc3)ccc21. The van der Waals surface area contributed by atoms with Crippen molar-refractivity contribution < 1.29 is 4.42 Å². The highest BCUT2D eigenvalue weighted by Gasteiger charge is 2.16. The number of aromatic nitrogens is 5. The van der Waals surface area contributed by atoms with Gasteiger partial charge in [-0.05, 0) is 46.5 Å². The van der Waals surface area contributed by atoms with Gasteiger partial charge in [0.1, 0.15) is 11.2 Å². The summed E-state index contributed by atoms with van der Waals surface area (Å²) in [5, 5.41) is 2.21. The Bertz CT molecular complexity index is 2740. The third-order valence-electron chi connectivity index (χ3n) is 9.27. The van der Waals surface area contributed by atoms with Crippen LogP contribution in [0.5, 0.6) is 0 Å². The van der Waals surface area contributed by atoms with Crippen LogP contribution in [0.3, 0.4) is 0 Å². The normalized spacial score (nSPS) is 11.6. The topological polar surface area (TPSA) is 78.7 Å². The van der Waals surface area contributed by atoms with Crippen molar-refractivity contribution in [3.63, 3.8) is 0 Å². The van der Waals surface area contributed by atoms with Crippen molar-refractivity contribution in [1.82, 2.24) is 24.1 Å². The Morgan fingerprint density at radius 1 is 0.469 bits per heavy atom. The lowest BCUT2D eigenvalue weighted by Crippen LogP contribution is -2.19. The molecular formula is C42H29N5O2. The molecule has 7 nitrogen and oxygen atoms in total. The number of nitrogens with zero attached hydrogens (tertiary/aromatic N) is 5. The molecule has 0 N–H and O–H groups in total. The van der Waals surface area contributed by atoms with E-state index in [0.717, 1.165) is 71.9 Å². The molecule has 0 aliphatic rings. The number of aryl methyl sites for hydroxylation is 2. The second kappa shape index (κ2) is 11.3. The van der Waals surface area contributed by atoms with Crippen LogP contribution in [0, 0.1) is 0 Å². The first-order chi connectivity index (χ1) is 24.0. The second-order valence-electron chi connectivity index (χ2n) is 12.2. The Kier molecular flexibility index (Phi) is 6.59. The van der Waals surface area contributed by atoms with Gasteiger partial charge in [0.05, 0.1) is 11.0 Å². The molecule has 0 unspecified atom stereocenters. The van der Waals surface area contributed by atoms with Crippen LogP contribution >= 0.6 is 0 Å². The average molecular weight is 636 g/mol. The number of furan rings is 1. The van der Waals surface area contributed by atoms with E-state index in [4.69, 9.17) is 19.4 Å². The third-order valence-corrected chi connectivity index (χ3v) is 9.27. The van der Waals surface area contributed by atoms with Crippen LogP contribution in [0.4, 0.5) is 0 Å². The molecule has 0 aliphatic heterocycles.